The van der Waals surface area contributed by atoms with Crippen LogP contribution in [0, 0.1) is 11.8 Å². The van der Waals surface area contributed by atoms with E-state index in [-0.39, 0.29) is 36.0 Å². The average molecular weight is 350 g/mol. The molecule has 7 heteroatoms. The van der Waals surface area contributed by atoms with E-state index in [4.69, 9.17) is 17.3 Å². The minimum atomic E-state index is -0.346. The second kappa shape index (κ2) is 6.81. The first-order chi connectivity index (χ1) is 11.5. The predicted octanol–water partition coefficient (Wildman–Crippen LogP) is 1.42. The number of halogens is 1. The Kier molecular flexibility index (Phi) is 4.76. The highest BCUT2D eigenvalue weighted by Gasteiger charge is 2.38. The summed E-state index contributed by atoms with van der Waals surface area (Å²) < 4.78 is 0. The van der Waals surface area contributed by atoms with Crippen LogP contribution in [0.3, 0.4) is 0 Å². The molecule has 2 aliphatic rings. The van der Waals surface area contributed by atoms with Gasteiger partial charge in [-0.3, -0.25) is 14.4 Å². The lowest BCUT2D eigenvalue weighted by atomic mass is 9.95. The Labute approximate surface area is 145 Å². The Morgan fingerprint density at radius 3 is 2.50 bits per heavy atom. The monoisotopic (exact) mass is 349 g/mol. The van der Waals surface area contributed by atoms with Gasteiger partial charge in [-0.15, -0.1) is 0 Å². The zero-order chi connectivity index (χ0) is 17.3. The van der Waals surface area contributed by atoms with E-state index in [9.17, 15) is 14.4 Å². The SMILES string of the molecule is NC(=O)C1CCN(C(=O)[C@H]2CC(=O)N(c3cccc(Cl)c3)C2)CC1. The zero-order valence-electron chi connectivity index (χ0n) is 13.3. The number of amides is 3. The molecule has 2 heterocycles. The quantitative estimate of drug-likeness (QED) is 0.895. The molecule has 2 saturated heterocycles. The van der Waals surface area contributed by atoms with Crippen LogP contribution in [0.2, 0.25) is 5.02 Å². The van der Waals surface area contributed by atoms with Gasteiger partial charge in [0.2, 0.25) is 17.7 Å². The summed E-state index contributed by atoms with van der Waals surface area (Å²) in [5.74, 6) is -0.882. The van der Waals surface area contributed by atoms with Crippen molar-refractivity contribution in [3.63, 3.8) is 0 Å². The van der Waals surface area contributed by atoms with Crippen LogP contribution >= 0.6 is 11.6 Å². The largest absolute Gasteiger partial charge is 0.369 e. The molecule has 2 fully saturated rings. The molecule has 0 aliphatic carbocycles. The van der Waals surface area contributed by atoms with Gasteiger partial charge in [-0.05, 0) is 31.0 Å². The van der Waals surface area contributed by atoms with Gasteiger partial charge < -0.3 is 15.5 Å². The first kappa shape index (κ1) is 16.8. The normalized spacial score (nSPS) is 22.0. The second-order valence-corrected chi connectivity index (χ2v) is 6.82. The van der Waals surface area contributed by atoms with Gasteiger partial charge in [0, 0.05) is 42.7 Å². The van der Waals surface area contributed by atoms with Crippen molar-refractivity contribution in [2.24, 2.45) is 17.6 Å². The summed E-state index contributed by atoms with van der Waals surface area (Å²) in [4.78, 5) is 39.5. The van der Waals surface area contributed by atoms with Gasteiger partial charge in [0.05, 0.1) is 5.92 Å². The topological polar surface area (TPSA) is 83.7 Å². The number of piperidine rings is 1. The van der Waals surface area contributed by atoms with Crippen LogP contribution in [-0.2, 0) is 14.4 Å². The minimum Gasteiger partial charge on any atom is -0.369 e. The molecular weight excluding hydrogens is 330 g/mol. The summed E-state index contributed by atoms with van der Waals surface area (Å²) in [5.41, 5.74) is 6.04. The maximum atomic E-state index is 12.7. The number of anilines is 1. The highest BCUT2D eigenvalue weighted by atomic mass is 35.5. The third kappa shape index (κ3) is 3.38. The van der Waals surface area contributed by atoms with Crippen molar-refractivity contribution >= 4 is 35.0 Å². The zero-order valence-corrected chi connectivity index (χ0v) is 14.0. The number of likely N-dealkylation sites (tertiary alicyclic amines) is 1. The Balaban J connectivity index is 1.63. The molecule has 3 rings (SSSR count). The molecule has 0 saturated carbocycles. The van der Waals surface area contributed by atoms with Gasteiger partial charge >= 0.3 is 0 Å². The van der Waals surface area contributed by atoms with Crippen LogP contribution in [0.25, 0.3) is 0 Å². The van der Waals surface area contributed by atoms with Gasteiger partial charge in [0.15, 0.2) is 0 Å². The van der Waals surface area contributed by atoms with Gasteiger partial charge in [0.1, 0.15) is 0 Å². The first-order valence-electron chi connectivity index (χ1n) is 8.09. The fraction of sp³-hybridized carbons (Fsp3) is 0.471. The smallest absolute Gasteiger partial charge is 0.228 e. The van der Waals surface area contributed by atoms with E-state index in [0.29, 0.717) is 37.5 Å². The van der Waals surface area contributed by atoms with Crippen LogP contribution in [-0.4, -0.2) is 42.3 Å². The van der Waals surface area contributed by atoms with Crippen molar-refractivity contribution in [2.75, 3.05) is 24.5 Å². The summed E-state index contributed by atoms with van der Waals surface area (Å²) in [6.45, 7) is 1.41. The molecule has 0 unspecified atom stereocenters. The molecule has 3 amide bonds. The predicted molar refractivity (Wildman–Crippen MR) is 90.4 cm³/mol. The highest BCUT2D eigenvalue weighted by Crippen LogP contribution is 2.29. The van der Waals surface area contributed by atoms with Crippen LogP contribution in [0.15, 0.2) is 24.3 Å². The maximum absolute atomic E-state index is 12.7. The molecule has 2 N–H and O–H groups in total. The molecular formula is C17H20ClN3O3. The molecule has 2 aliphatic heterocycles. The molecule has 1 aromatic carbocycles. The number of primary amides is 1. The molecule has 0 radical (unpaired) electrons. The number of carbonyl (C=O) groups is 3. The molecule has 0 spiro atoms. The van der Waals surface area contributed by atoms with Crippen LogP contribution < -0.4 is 10.6 Å². The van der Waals surface area contributed by atoms with Gasteiger partial charge in [0.25, 0.3) is 0 Å². The lowest BCUT2D eigenvalue weighted by Crippen LogP contribution is -2.44. The average Bonchev–Trinajstić information content (AvgIpc) is 2.96. The fourth-order valence-corrected chi connectivity index (χ4v) is 3.59. The summed E-state index contributed by atoms with van der Waals surface area (Å²) in [6, 6.07) is 7.07. The number of rotatable bonds is 3. The molecule has 1 atom stereocenters. The molecule has 0 aromatic heterocycles. The Morgan fingerprint density at radius 2 is 1.88 bits per heavy atom. The van der Waals surface area contributed by atoms with Gasteiger partial charge in [-0.2, -0.15) is 0 Å². The molecule has 6 nitrogen and oxygen atoms in total. The third-order valence-electron chi connectivity index (χ3n) is 4.80. The summed E-state index contributed by atoms with van der Waals surface area (Å²) >= 11 is 5.98. The highest BCUT2D eigenvalue weighted by molar-refractivity contribution is 6.31. The van der Waals surface area contributed by atoms with Crippen LogP contribution in [0.5, 0.6) is 0 Å². The minimum absolute atomic E-state index is 0.0178. The second-order valence-electron chi connectivity index (χ2n) is 6.39. The summed E-state index contributed by atoms with van der Waals surface area (Å²) in [6.07, 6.45) is 1.40. The van der Waals surface area contributed by atoms with Crippen molar-refractivity contribution in [1.82, 2.24) is 4.90 Å². The van der Waals surface area contributed by atoms with E-state index in [2.05, 4.69) is 0 Å². The van der Waals surface area contributed by atoms with Crippen molar-refractivity contribution < 1.29 is 14.4 Å². The number of nitrogens with two attached hydrogens (primary N) is 1. The Bertz CT molecular complexity index is 671. The molecule has 1 aromatic rings. The van der Waals surface area contributed by atoms with E-state index >= 15 is 0 Å². The fourth-order valence-electron chi connectivity index (χ4n) is 3.41. The van der Waals surface area contributed by atoms with Gasteiger partial charge in [-0.25, -0.2) is 0 Å². The van der Waals surface area contributed by atoms with E-state index in [1.165, 1.54) is 0 Å². The van der Waals surface area contributed by atoms with E-state index in [1.54, 1.807) is 28.0 Å². The Hall–Kier alpha value is -2.08. The number of hydrogen-bond donors (Lipinski definition) is 1. The molecule has 128 valence electrons. The van der Waals surface area contributed by atoms with Crippen molar-refractivity contribution in [3.05, 3.63) is 29.3 Å². The maximum Gasteiger partial charge on any atom is 0.228 e. The lowest BCUT2D eigenvalue weighted by Gasteiger charge is -2.32. The van der Waals surface area contributed by atoms with Crippen LogP contribution in [0.1, 0.15) is 19.3 Å². The van der Waals surface area contributed by atoms with Crippen LogP contribution in [0.4, 0.5) is 5.69 Å². The lowest BCUT2D eigenvalue weighted by molar-refractivity contribution is -0.138. The molecule has 0 bridgehead atoms. The first-order valence-corrected chi connectivity index (χ1v) is 8.47. The van der Waals surface area contributed by atoms with E-state index < -0.39 is 0 Å². The van der Waals surface area contributed by atoms with Gasteiger partial charge in [-0.1, -0.05) is 17.7 Å². The number of hydrogen-bond acceptors (Lipinski definition) is 3. The van der Waals surface area contributed by atoms with Crippen molar-refractivity contribution in [1.29, 1.82) is 0 Å². The van der Waals surface area contributed by atoms with Crippen molar-refractivity contribution in [2.45, 2.75) is 19.3 Å². The number of benzene rings is 1. The molecule has 24 heavy (non-hydrogen) atoms. The summed E-state index contributed by atoms with van der Waals surface area (Å²) in [5, 5.41) is 0.559. The van der Waals surface area contributed by atoms with Crippen molar-refractivity contribution in [3.8, 4) is 0 Å². The third-order valence-corrected chi connectivity index (χ3v) is 5.04. The van der Waals surface area contributed by atoms with E-state index in [1.807, 2.05) is 6.07 Å². The summed E-state index contributed by atoms with van der Waals surface area (Å²) in [7, 11) is 0. The standard InChI is InChI=1S/C17H20ClN3O3/c18-13-2-1-3-14(9-13)21-10-12(8-15(21)22)17(24)20-6-4-11(5-7-20)16(19)23/h1-3,9,11-12H,4-8,10H2,(H2,19,23)/t12-/m0/s1. The number of nitrogens with zero attached hydrogens (tertiary/aromatic N) is 2. The van der Waals surface area contributed by atoms with E-state index in [0.717, 1.165) is 5.69 Å². The Morgan fingerprint density at radius 1 is 1.17 bits per heavy atom. The number of carbonyl (C=O) groups excluding carboxylic acids is 3.